The van der Waals surface area contributed by atoms with E-state index < -0.39 is 0 Å². The van der Waals surface area contributed by atoms with Crippen LogP contribution in [0.25, 0.3) is 0 Å². The van der Waals surface area contributed by atoms with E-state index in [-0.39, 0.29) is 0 Å². The summed E-state index contributed by atoms with van der Waals surface area (Å²) in [7, 11) is 0. The van der Waals surface area contributed by atoms with E-state index in [4.69, 9.17) is 0 Å². The van der Waals surface area contributed by atoms with Crippen molar-refractivity contribution in [2.24, 2.45) is 0 Å². The summed E-state index contributed by atoms with van der Waals surface area (Å²) in [6.07, 6.45) is 1.98. The summed E-state index contributed by atoms with van der Waals surface area (Å²) in [5.74, 6) is 6.10. The number of thioether (sulfide) groups is 1. The molecule has 0 atom stereocenters. The van der Waals surface area contributed by atoms with Crippen LogP contribution in [-0.2, 0) is 0 Å². The van der Waals surface area contributed by atoms with Gasteiger partial charge in [-0.1, -0.05) is 54.0 Å². The first-order valence-corrected chi connectivity index (χ1v) is 5.66. The minimum Gasteiger partial charge on any atom is -0.0898 e. The second-order valence-electron chi connectivity index (χ2n) is 3.13. The van der Waals surface area contributed by atoms with Crippen LogP contribution in [0.3, 0.4) is 0 Å². The highest BCUT2D eigenvalue weighted by atomic mass is 32.2. The molecule has 0 saturated carbocycles. The lowest BCUT2D eigenvalue weighted by molar-refractivity contribution is 1.46. The van der Waals surface area contributed by atoms with Crippen molar-refractivity contribution in [3.05, 3.63) is 58.4 Å². The Labute approximate surface area is 96.1 Å². The van der Waals surface area contributed by atoms with Gasteiger partial charge in [-0.25, -0.2) is 0 Å². The van der Waals surface area contributed by atoms with Crippen molar-refractivity contribution in [1.29, 1.82) is 0 Å². The average molecular weight is 214 g/mol. The van der Waals surface area contributed by atoms with Gasteiger partial charge in [0.05, 0.1) is 4.91 Å². The third kappa shape index (κ3) is 4.58. The summed E-state index contributed by atoms with van der Waals surface area (Å²) in [5.41, 5.74) is 2.28. The highest BCUT2D eigenvalue weighted by Crippen LogP contribution is 2.13. The SMILES string of the molecule is C=C(C#Cc1ccc(C)cc1)SC=CC. The molecule has 0 aliphatic heterocycles. The molecule has 15 heavy (non-hydrogen) atoms. The standard InChI is InChI=1S/C14H14S/c1-4-11-15-13(3)7-10-14-8-5-12(2)6-9-14/h4-6,8-9,11H,3H2,1-2H3. The molecule has 0 bridgehead atoms. The van der Waals surface area contributed by atoms with Crippen LogP contribution in [-0.4, -0.2) is 0 Å². The minimum absolute atomic E-state index is 0.869. The van der Waals surface area contributed by atoms with Gasteiger partial charge in [-0.05, 0) is 31.4 Å². The quantitative estimate of drug-likeness (QED) is 0.667. The van der Waals surface area contributed by atoms with E-state index >= 15 is 0 Å². The van der Waals surface area contributed by atoms with Gasteiger partial charge in [0.2, 0.25) is 0 Å². The van der Waals surface area contributed by atoms with Crippen LogP contribution in [0.4, 0.5) is 0 Å². The molecule has 0 spiro atoms. The van der Waals surface area contributed by atoms with Gasteiger partial charge in [-0.3, -0.25) is 0 Å². The molecule has 0 heterocycles. The molecule has 0 aliphatic carbocycles. The molecule has 0 radical (unpaired) electrons. The van der Waals surface area contributed by atoms with E-state index in [9.17, 15) is 0 Å². The molecule has 0 saturated heterocycles. The first-order valence-electron chi connectivity index (χ1n) is 4.78. The molecule has 1 rings (SSSR count). The minimum atomic E-state index is 0.869. The fraction of sp³-hybridized carbons (Fsp3) is 0.143. The van der Waals surface area contributed by atoms with E-state index in [2.05, 4.69) is 37.5 Å². The van der Waals surface area contributed by atoms with Crippen LogP contribution in [0.2, 0.25) is 0 Å². The first-order chi connectivity index (χ1) is 7.22. The summed E-state index contributed by atoms with van der Waals surface area (Å²) in [4.78, 5) is 0.869. The monoisotopic (exact) mass is 214 g/mol. The third-order valence-corrected chi connectivity index (χ3v) is 2.54. The van der Waals surface area contributed by atoms with Gasteiger partial charge in [-0.2, -0.15) is 0 Å². The molecule has 0 aromatic heterocycles. The van der Waals surface area contributed by atoms with Crippen LogP contribution in [0.15, 0.2) is 47.2 Å². The van der Waals surface area contributed by atoms with Crippen molar-refractivity contribution < 1.29 is 0 Å². The zero-order chi connectivity index (χ0) is 11.1. The normalized spacial score (nSPS) is 9.73. The Balaban J connectivity index is 2.65. The topological polar surface area (TPSA) is 0 Å². The molecule has 0 N–H and O–H groups in total. The lowest BCUT2D eigenvalue weighted by atomic mass is 10.2. The number of benzene rings is 1. The fourth-order valence-electron chi connectivity index (χ4n) is 0.958. The predicted octanol–water partition coefficient (Wildman–Crippen LogP) is 4.13. The Bertz CT molecular complexity index is 413. The molecule has 76 valence electrons. The van der Waals surface area contributed by atoms with Crippen LogP contribution in [0.5, 0.6) is 0 Å². The summed E-state index contributed by atoms with van der Waals surface area (Å²) in [6.45, 7) is 7.91. The average Bonchev–Trinajstić information content (AvgIpc) is 2.25. The maximum Gasteiger partial charge on any atom is 0.0547 e. The summed E-state index contributed by atoms with van der Waals surface area (Å²) >= 11 is 1.55. The number of hydrogen-bond donors (Lipinski definition) is 0. The van der Waals surface area contributed by atoms with Crippen molar-refractivity contribution in [1.82, 2.24) is 0 Å². The van der Waals surface area contributed by atoms with Gasteiger partial charge < -0.3 is 0 Å². The smallest absolute Gasteiger partial charge is 0.0547 e. The fourth-order valence-corrected chi connectivity index (χ4v) is 1.37. The maximum atomic E-state index is 3.86. The molecule has 0 amide bonds. The molecular formula is C14H14S. The van der Waals surface area contributed by atoms with Gasteiger partial charge in [0.25, 0.3) is 0 Å². The van der Waals surface area contributed by atoms with E-state index in [1.54, 1.807) is 11.8 Å². The van der Waals surface area contributed by atoms with Gasteiger partial charge in [0, 0.05) is 5.56 Å². The van der Waals surface area contributed by atoms with E-state index in [0.29, 0.717) is 0 Å². The van der Waals surface area contributed by atoms with Crippen molar-refractivity contribution in [2.75, 3.05) is 0 Å². The molecule has 0 nitrogen and oxygen atoms in total. The second kappa shape index (κ2) is 6.16. The van der Waals surface area contributed by atoms with Crippen molar-refractivity contribution in [3.8, 4) is 11.8 Å². The molecule has 1 heteroatoms. The lowest BCUT2D eigenvalue weighted by Crippen LogP contribution is -1.75. The Morgan fingerprint density at radius 2 is 2.00 bits per heavy atom. The van der Waals surface area contributed by atoms with E-state index in [0.717, 1.165) is 10.5 Å². The van der Waals surface area contributed by atoms with Gasteiger partial charge in [0.1, 0.15) is 0 Å². The highest BCUT2D eigenvalue weighted by molar-refractivity contribution is 8.06. The molecule has 1 aromatic rings. The second-order valence-corrected chi connectivity index (χ2v) is 4.13. The first kappa shape index (κ1) is 11.7. The number of hydrogen-bond acceptors (Lipinski definition) is 1. The van der Waals surface area contributed by atoms with Gasteiger partial charge in [-0.15, -0.1) is 0 Å². The molecular weight excluding hydrogens is 200 g/mol. The highest BCUT2D eigenvalue weighted by Gasteiger charge is 1.87. The Morgan fingerprint density at radius 1 is 1.33 bits per heavy atom. The van der Waals surface area contributed by atoms with Crippen LogP contribution >= 0.6 is 11.8 Å². The lowest BCUT2D eigenvalue weighted by Gasteiger charge is -1.92. The Hall–Kier alpha value is -1.39. The van der Waals surface area contributed by atoms with Crippen molar-refractivity contribution >= 4 is 11.8 Å². The van der Waals surface area contributed by atoms with Crippen LogP contribution in [0, 0.1) is 18.8 Å². The van der Waals surface area contributed by atoms with Crippen molar-refractivity contribution in [2.45, 2.75) is 13.8 Å². The Kier molecular flexibility index (Phi) is 4.80. The third-order valence-electron chi connectivity index (χ3n) is 1.74. The zero-order valence-electron chi connectivity index (χ0n) is 9.08. The predicted molar refractivity (Wildman–Crippen MR) is 69.6 cm³/mol. The maximum absolute atomic E-state index is 3.86. The zero-order valence-corrected chi connectivity index (χ0v) is 9.90. The summed E-state index contributed by atoms with van der Waals surface area (Å²) in [5, 5.41) is 1.98. The molecule has 0 aliphatic rings. The largest absolute Gasteiger partial charge is 0.0898 e. The molecule has 0 unspecified atom stereocenters. The van der Waals surface area contributed by atoms with E-state index in [1.807, 2.05) is 30.5 Å². The number of rotatable bonds is 2. The number of allylic oxidation sites excluding steroid dienone is 2. The Morgan fingerprint density at radius 3 is 2.60 bits per heavy atom. The number of aryl methyl sites for hydroxylation is 1. The van der Waals surface area contributed by atoms with E-state index in [1.165, 1.54) is 5.56 Å². The van der Waals surface area contributed by atoms with Crippen molar-refractivity contribution in [3.63, 3.8) is 0 Å². The van der Waals surface area contributed by atoms with Crippen LogP contribution in [0.1, 0.15) is 18.1 Å². The summed E-state index contributed by atoms with van der Waals surface area (Å²) in [6, 6.07) is 8.17. The van der Waals surface area contributed by atoms with Crippen LogP contribution < -0.4 is 0 Å². The molecule has 0 fully saturated rings. The molecule has 1 aromatic carbocycles. The summed E-state index contributed by atoms with van der Waals surface area (Å²) < 4.78 is 0. The van der Waals surface area contributed by atoms with Gasteiger partial charge >= 0.3 is 0 Å². The van der Waals surface area contributed by atoms with Gasteiger partial charge in [0.15, 0.2) is 0 Å².